The summed E-state index contributed by atoms with van der Waals surface area (Å²) in [5.41, 5.74) is 1.44. The van der Waals surface area contributed by atoms with Gasteiger partial charge < -0.3 is 5.11 Å². The Morgan fingerprint density at radius 2 is 1.88 bits per heavy atom. The van der Waals surface area contributed by atoms with E-state index in [4.69, 9.17) is 0 Å². The molecule has 2 aliphatic rings. The Kier molecular flexibility index (Phi) is 5.29. The van der Waals surface area contributed by atoms with Crippen molar-refractivity contribution in [2.75, 3.05) is 0 Å². The zero-order chi connectivity index (χ0) is 12.0. The molecule has 17 heavy (non-hydrogen) atoms. The van der Waals surface area contributed by atoms with Crippen LogP contribution in [-0.2, 0) is 0 Å². The summed E-state index contributed by atoms with van der Waals surface area (Å²) in [4.78, 5) is -0.601. The monoisotopic (exact) mass is 278 g/mol. The molecule has 92 valence electrons. The van der Waals surface area contributed by atoms with Crippen molar-refractivity contribution in [3.8, 4) is 0 Å². The Balaban J connectivity index is 0.00000144. The van der Waals surface area contributed by atoms with Gasteiger partial charge in [0.25, 0.3) is 0 Å². The summed E-state index contributed by atoms with van der Waals surface area (Å²) in [6, 6.07) is 0. The van der Waals surface area contributed by atoms with Gasteiger partial charge in [-0.1, -0.05) is 39.8 Å². The van der Waals surface area contributed by atoms with Gasteiger partial charge in [0.1, 0.15) is 4.93 Å². The summed E-state index contributed by atoms with van der Waals surface area (Å²) in [5.74, 6) is 1.29. The molecule has 0 aromatic carbocycles. The van der Waals surface area contributed by atoms with E-state index in [9.17, 15) is 5.11 Å². The minimum atomic E-state index is -0.601. The fourth-order valence-electron chi connectivity index (χ4n) is 2.70. The molecule has 0 bridgehead atoms. The van der Waals surface area contributed by atoms with Crippen molar-refractivity contribution in [2.24, 2.45) is 11.8 Å². The molecule has 2 radical (unpaired) electrons. The maximum Gasteiger partial charge on any atom is 0.148 e. The largest absolute Gasteiger partial charge is 0.374 e. The molecular formula is C14H22CaOS. The molecule has 1 heterocycles. The second-order valence-electron chi connectivity index (χ2n) is 5.87. The Labute approximate surface area is 139 Å². The fraction of sp³-hybridized carbons (Fsp3) is 0.714. The van der Waals surface area contributed by atoms with Gasteiger partial charge in [0.2, 0.25) is 0 Å². The SMILES string of the molecule is CC(C)CC1=CC=CC2(O)SC12CC(C)C.[Ca]. The number of thioether (sulfide) groups is 1. The average molecular weight is 278 g/mol. The predicted octanol–water partition coefficient (Wildman–Crippen LogP) is 3.37. The van der Waals surface area contributed by atoms with Crippen LogP contribution < -0.4 is 0 Å². The third kappa shape index (κ3) is 2.97. The summed E-state index contributed by atoms with van der Waals surface area (Å²) in [6.07, 6.45) is 8.39. The van der Waals surface area contributed by atoms with E-state index in [1.54, 1.807) is 11.8 Å². The topological polar surface area (TPSA) is 20.2 Å². The first-order valence-electron chi connectivity index (χ1n) is 6.21. The number of allylic oxidation sites excluding steroid dienone is 2. The number of hydrogen-bond donors (Lipinski definition) is 1. The van der Waals surface area contributed by atoms with Crippen molar-refractivity contribution >= 4 is 49.5 Å². The van der Waals surface area contributed by atoms with E-state index < -0.39 is 4.93 Å². The molecule has 0 spiro atoms. The summed E-state index contributed by atoms with van der Waals surface area (Å²) < 4.78 is 0.000185. The van der Waals surface area contributed by atoms with Crippen molar-refractivity contribution in [3.05, 3.63) is 23.8 Å². The zero-order valence-electron chi connectivity index (χ0n) is 11.4. The van der Waals surface area contributed by atoms with Crippen LogP contribution in [-0.4, -0.2) is 52.5 Å². The van der Waals surface area contributed by atoms with E-state index in [2.05, 4.69) is 33.8 Å². The van der Waals surface area contributed by atoms with Gasteiger partial charge in [-0.3, -0.25) is 0 Å². The minimum absolute atomic E-state index is 0. The zero-order valence-corrected chi connectivity index (χ0v) is 14.4. The van der Waals surface area contributed by atoms with Gasteiger partial charge in [0.15, 0.2) is 0 Å². The molecule has 1 aliphatic heterocycles. The molecule has 1 aliphatic carbocycles. The van der Waals surface area contributed by atoms with Crippen molar-refractivity contribution in [1.29, 1.82) is 0 Å². The van der Waals surface area contributed by atoms with Crippen LogP contribution >= 0.6 is 11.8 Å². The number of aliphatic hydroxyl groups is 1. The third-order valence-electron chi connectivity index (χ3n) is 3.33. The number of hydrogen-bond acceptors (Lipinski definition) is 2. The van der Waals surface area contributed by atoms with E-state index in [0.717, 1.165) is 12.8 Å². The van der Waals surface area contributed by atoms with Gasteiger partial charge in [0, 0.05) is 37.7 Å². The van der Waals surface area contributed by atoms with Crippen molar-refractivity contribution in [2.45, 2.75) is 50.2 Å². The predicted molar refractivity (Wildman–Crippen MR) is 77.2 cm³/mol. The minimum Gasteiger partial charge on any atom is -0.374 e. The molecule has 0 aromatic rings. The molecule has 1 fully saturated rings. The van der Waals surface area contributed by atoms with Crippen LogP contribution in [0.1, 0.15) is 40.5 Å². The normalized spacial score (nSPS) is 34.4. The number of fused-ring (bicyclic) bond motifs is 1. The van der Waals surface area contributed by atoms with Gasteiger partial charge >= 0.3 is 0 Å². The maximum atomic E-state index is 10.5. The van der Waals surface area contributed by atoms with Crippen LogP contribution in [0.2, 0.25) is 0 Å². The van der Waals surface area contributed by atoms with E-state index in [1.165, 1.54) is 5.57 Å². The van der Waals surface area contributed by atoms with Crippen LogP contribution in [0.15, 0.2) is 23.8 Å². The van der Waals surface area contributed by atoms with Gasteiger partial charge in [-0.25, -0.2) is 0 Å². The average Bonchev–Trinajstić information content (AvgIpc) is 2.70. The van der Waals surface area contributed by atoms with Crippen molar-refractivity contribution < 1.29 is 5.11 Å². The van der Waals surface area contributed by atoms with E-state index >= 15 is 0 Å². The fourth-order valence-corrected chi connectivity index (χ4v) is 4.31. The third-order valence-corrected chi connectivity index (χ3v) is 5.01. The molecule has 0 amide bonds. The van der Waals surface area contributed by atoms with Crippen LogP contribution in [0.5, 0.6) is 0 Å². The molecule has 1 nitrogen and oxygen atoms in total. The van der Waals surface area contributed by atoms with Crippen LogP contribution in [0.25, 0.3) is 0 Å². The molecule has 0 saturated carbocycles. The summed E-state index contributed by atoms with van der Waals surface area (Å²) in [5, 5.41) is 10.5. The van der Waals surface area contributed by atoms with Gasteiger partial charge in [0.05, 0.1) is 4.75 Å². The van der Waals surface area contributed by atoms with Crippen LogP contribution in [0.4, 0.5) is 0 Å². The summed E-state index contributed by atoms with van der Waals surface area (Å²) in [6.45, 7) is 8.96. The van der Waals surface area contributed by atoms with E-state index in [-0.39, 0.29) is 42.5 Å². The molecule has 0 aromatic heterocycles. The van der Waals surface area contributed by atoms with Crippen LogP contribution in [0, 0.1) is 11.8 Å². The molecule has 1 N–H and O–H groups in total. The standard InChI is InChI=1S/C14H22OS.Ca/c1-10(2)8-12-6-5-7-14(15)13(12,16-14)9-11(3)4;/h5-7,10-11,15H,8-9H2,1-4H3;. The molecule has 3 heteroatoms. The first-order valence-corrected chi connectivity index (χ1v) is 7.03. The summed E-state index contributed by atoms with van der Waals surface area (Å²) in [7, 11) is 0. The summed E-state index contributed by atoms with van der Waals surface area (Å²) >= 11 is 1.73. The molecule has 2 rings (SSSR count). The van der Waals surface area contributed by atoms with Gasteiger partial charge in [-0.2, -0.15) is 0 Å². The van der Waals surface area contributed by atoms with Gasteiger partial charge in [-0.15, -0.1) is 11.8 Å². The van der Waals surface area contributed by atoms with Gasteiger partial charge in [-0.05, 0) is 36.3 Å². The second-order valence-corrected chi connectivity index (χ2v) is 7.40. The Bertz CT molecular complexity index is 348. The Hall–Kier alpha value is 1.05. The molecule has 2 atom stereocenters. The molecular weight excluding hydrogens is 256 g/mol. The van der Waals surface area contributed by atoms with Crippen molar-refractivity contribution in [3.63, 3.8) is 0 Å². The van der Waals surface area contributed by atoms with Crippen LogP contribution in [0.3, 0.4) is 0 Å². The molecule has 1 saturated heterocycles. The van der Waals surface area contributed by atoms with E-state index in [1.807, 2.05) is 12.2 Å². The number of rotatable bonds is 4. The Morgan fingerprint density at radius 1 is 1.24 bits per heavy atom. The van der Waals surface area contributed by atoms with Crippen molar-refractivity contribution in [1.82, 2.24) is 0 Å². The second kappa shape index (κ2) is 5.58. The molecule has 2 unspecified atom stereocenters. The maximum absolute atomic E-state index is 10.5. The van der Waals surface area contributed by atoms with E-state index in [0.29, 0.717) is 11.8 Å². The first kappa shape index (κ1) is 16.1. The quantitative estimate of drug-likeness (QED) is 0.628. The first-order chi connectivity index (χ1) is 7.40. The smallest absolute Gasteiger partial charge is 0.148 e. The Morgan fingerprint density at radius 3 is 2.41 bits per heavy atom.